The first-order valence-corrected chi connectivity index (χ1v) is 7.89. The van der Waals surface area contributed by atoms with Gasteiger partial charge in [-0.3, -0.25) is 29.1 Å². The summed E-state index contributed by atoms with van der Waals surface area (Å²) >= 11 is 0. The van der Waals surface area contributed by atoms with Gasteiger partial charge in [-0.25, -0.2) is 0 Å². The van der Waals surface area contributed by atoms with E-state index in [0.717, 1.165) is 0 Å². The summed E-state index contributed by atoms with van der Waals surface area (Å²) in [5, 5.41) is 2.90. The molecule has 3 unspecified atom stereocenters. The van der Waals surface area contributed by atoms with Gasteiger partial charge >= 0.3 is 11.9 Å². The van der Waals surface area contributed by atoms with E-state index < -0.39 is 41.7 Å². The third-order valence-electron chi connectivity index (χ3n) is 3.80. The highest BCUT2D eigenvalue weighted by atomic mass is 16.6. The van der Waals surface area contributed by atoms with Gasteiger partial charge in [0.25, 0.3) is 5.56 Å². The number of hydrogen-bond donors (Lipinski definition) is 3. The number of ether oxygens (including phenoxy) is 2. The van der Waals surface area contributed by atoms with Gasteiger partial charge in [-0.1, -0.05) is 0 Å². The Kier molecular flexibility index (Phi) is 5.48. The first kappa shape index (κ1) is 19.2. The number of amides is 1. The Morgan fingerprint density at radius 3 is 2.38 bits per heavy atom. The number of anilines is 3. The second-order valence-electron chi connectivity index (χ2n) is 5.87. The van der Waals surface area contributed by atoms with Gasteiger partial charge < -0.3 is 20.5 Å². The Balaban J connectivity index is 2.50. The number of aromatic amines is 1. The number of esters is 2. The molecule has 0 spiro atoms. The van der Waals surface area contributed by atoms with E-state index >= 15 is 0 Å². The fraction of sp³-hybridized carbons (Fsp3) is 0.533. The highest BCUT2D eigenvalue weighted by Crippen LogP contribution is 2.30. The Morgan fingerprint density at radius 2 is 1.85 bits per heavy atom. The van der Waals surface area contributed by atoms with Crippen molar-refractivity contribution in [2.75, 3.05) is 22.5 Å². The van der Waals surface area contributed by atoms with Crippen LogP contribution in [0.4, 0.5) is 17.5 Å². The average molecular weight is 367 g/mol. The Labute approximate surface area is 148 Å². The lowest BCUT2D eigenvalue weighted by Gasteiger charge is -2.40. The number of carbonyl (C=O) groups is 3. The van der Waals surface area contributed by atoms with Crippen molar-refractivity contribution in [2.45, 2.75) is 45.9 Å². The molecule has 26 heavy (non-hydrogen) atoms. The van der Waals surface area contributed by atoms with Gasteiger partial charge in [-0.2, -0.15) is 4.98 Å². The molecule has 2 rings (SSSR count). The van der Waals surface area contributed by atoms with Crippen LogP contribution in [0.1, 0.15) is 27.7 Å². The molecule has 3 atom stereocenters. The molecule has 142 valence electrons. The zero-order chi connectivity index (χ0) is 19.6. The van der Waals surface area contributed by atoms with Crippen LogP contribution in [0.15, 0.2) is 4.79 Å². The van der Waals surface area contributed by atoms with Gasteiger partial charge in [-0.05, 0) is 6.92 Å². The van der Waals surface area contributed by atoms with Gasteiger partial charge in [0.2, 0.25) is 11.9 Å². The fourth-order valence-electron chi connectivity index (χ4n) is 2.95. The molecule has 0 saturated heterocycles. The normalized spacial score (nSPS) is 18.2. The SMILES string of the molecule is CC(=O)OC(C)C(OC(C)=O)C1CNc2nc(N)[nH]c(=O)c2N1C(C)=O. The van der Waals surface area contributed by atoms with Gasteiger partial charge in [0.1, 0.15) is 6.10 Å². The van der Waals surface area contributed by atoms with E-state index in [1.807, 2.05) is 0 Å². The molecular formula is C15H21N5O6. The Bertz CT molecular complexity index is 791. The number of nitrogen functional groups attached to an aromatic ring is 1. The number of H-pyrrole nitrogens is 1. The molecule has 0 aromatic carbocycles. The Morgan fingerprint density at radius 1 is 1.23 bits per heavy atom. The predicted octanol–water partition coefficient (Wildman–Crippen LogP) is -0.618. The smallest absolute Gasteiger partial charge is 0.303 e. The second kappa shape index (κ2) is 7.42. The van der Waals surface area contributed by atoms with Crippen LogP contribution in [-0.4, -0.2) is 52.6 Å². The molecule has 4 N–H and O–H groups in total. The van der Waals surface area contributed by atoms with Gasteiger partial charge in [0.15, 0.2) is 17.6 Å². The molecule has 1 aromatic rings. The van der Waals surface area contributed by atoms with E-state index in [2.05, 4.69) is 15.3 Å². The summed E-state index contributed by atoms with van der Waals surface area (Å²) in [6.07, 6.45) is -1.86. The highest BCUT2D eigenvalue weighted by molar-refractivity contribution is 5.96. The van der Waals surface area contributed by atoms with Crippen molar-refractivity contribution < 1.29 is 23.9 Å². The van der Waals surface area contributed by atoms with Crippen LogP contribution in [-0.2, 0) is 23.9 Å². The standard InChI is InChI=1S/C15H21N5O6/c1-6(25-8(3)22)12(26-9(4)23)10-5-17-13-11(20(10)7(2)21)14(24)19-15(16)18-13/h6,10,12H,5H2,1-4H3,(H4,16,17,18,19,24). The maximum atomic E-state index is 12.3. The Hall–Kier alpha value is -3.11. The van der Waals surface area contributed by atoms with Crippen LogP contribution in [0.25, 0.3) is 0 Å². The fourth-order valence-corrected chi connectivity index (χ4v) is 2.95. The second-order valence-corrected chi connectivity index (χ2v) is 5.87. The summed E-state index contributed by atoms with van der Waals surface area (Å²) in [4.78, 5) is 54.9. The van der Waals surface area contributed by atoms with Crippen molar-refractivity contribution in [3.05, 3.63) is 10.4 Å². The molecule has 0 bridgehead atoms. The molecule has 0 saturated carbocycles. The van der Waals surface area contributed by atoms with Crippen LogP contribution in [0.2, 0.25) is 0 Å². The number of rotatable bonds is 4. The minimum absolute atomic E-state index is 0.0462. The van der Waals surface area contributed by atoms with E-state index in [-0.39, 0.29) is 24.0 Å². The molecule has 1 aromatic heterocycles. The molecule has 2 heterocycles. The number of nitrogens with one attached hydrogen (secondary N) is 2. The van der Waals surface area contributed by atoms with E-state index in [1.54, 1.807) is 0 Å². The maximum absolute atomic E-state index is 12.3. The van der Waals surface area contributed by atoms with Gasteiger partial charge in [0.05, 0.1) is 6.04 Å². The molecule has 1 amide bonds. The van der Waals surface area contributed by atoms with Crippen molar-refractivity contribution in [3.63, 3.8) is 0 Å². The van der Waals surface area contributed by atoms with E-state index in [9.17, 15) is 19.2 Å². The lowest BCUT2D eigenvalue weighted by Crippen LogP contribution is -2.59. The predicted molar refractivity (Wildman–Crippen MR) is 91.5 cm³/mol. The molecule has 11 heteroatoms. The summed E-state index contributed by atoms with van der Waals surface area (Å²) in [5.74, 6) is -1.62. The molecule has 0 aliphatic carbocycles. The third kappa shape index (κ3) is 3.92. The number of nitrogens with zero attached hydrogens (tertiary/aromatic N) is 2. The molecular weight excluding hydrogens is 346 g/mol. The summed E-state index contributed by atoms with van der Waals surface area (Å²) in [6, 6.07) is -0.801. The van der Waals surface area contributed by atoms with Crippen LogP contribution in [0.5, 0.6) is 0 Å². The number of carbonyl (C=O) groups excluding carboxylic acids is 3. The summed E-state index contributed by atoms with van der Waals surface area (Å²) < 4.78 is 10.4. The average Bonchev–Trinajstić information content (AvgIpc) is 2.50. The monoisotopic (exact) mass is 367 g/mol. The van der Waals surface area contributed by atoms with Gasteiger partial charge in [0, 0.05) is 27.3 Å². The zero-order valence-electron chi connectivity index (χ0n) is 14.9. The quantitative estimate of drug-likeness (QED) is 0.590. The minimum atomic E-state index is -1.00. The van der Waals surface area contributed by atoms with Crippen molar-refractivity contribution in [3.8, 4) is 0 Å². The van der Waals surface area contributed by atoms with Crippen molar-refractivity contribution in [2.24, 2.45) is 0 Å². The van der Waals surface area contributed by atoms with E-state index in [1.165, 1.54) is 32.6 Å². The van der Waals surface area contributed by atoms with Crippen molar-refractivity contribution in [1.82, 2.24) is 9.97 Å². The van der Waals surface area contributed by atoms with Crippen molar-refractivity contribution >= 4 is 35.3 Å². The summed E-state index contributed by atoms with van der Waals surface area (Å²) in [6.45, 7) is 5.32. The first-order valence-electron chi connectivity index (χ1n) is 7.89. The molecule has 1 aliphatic heterocycles. The third-order valence-corrected chi connectivity index (χ3v) is 3.80. The molecule has 0 fully saturated rings. The molecule has 1 aliphatic rings. The van der Waals surface area contributed by atoms with Crippen LogP contribution >= 0.6 is 0 Å². The zero-order valence-corrected chi connectivity index (χ0v) is 14.9. The van der Waals surface area contributed by atoms with Crippen molar-refractivity contribution in [1.29, 1.82) is 0 Å². The molecule has 0 radical (unpaired) electrons. The first-order chi connectivity index (χ1) is 12.1. The minimum Gasteiger partial charge on any atom is -0.459 e. The lowest BCUT2D eigenvalue weighted by atomic mass is 10.0. The lowest BCUT2D eigenvalue weighted by molar-refractivity contribution is -0.165. The summed E-state index contributed by atoms with van der Waals surface area (Å²) in [7, 11) is 0. The number of hydrogen-bond acceptors (Lipinski definition) is 9. The van der Waals surface area contributed by atoms with E-state index in [0.29, 0.717) is 0 Å². The number of nitrogens with two attached hydrogens (primary N) is 1. The number of aromatic nitrogens is 2. The van der Waals surface area contributed by atoms with Gasteiger partial charge in [-0.15, -0.1) is 0 Å². The summed E-state index contributed by atoms with van der Waals surface area (Å²) in [5.41, 5.74) is 4.86. The number of fused-ring (bicyclic) bond motifs is 1. The highest BCUT2D eigenvalue weighted by Gasteiger charge is 2.42. The largest absolute Gasteiger partial charge is 0.459 e. The van der Waals surface area contributed by atoms with E-state index in [4.69, 9.17) is 15.2 Å². The topological polar surface area (TPSA) is 157 Å². The van der Waals surface area contributed by atoms with Crippen LogP contribution in [0.3, 0.4) is 0 Å². The van der Waals surface area contributed by atoms with Crippen LogP contribution < -0.4 is 21.5 Å². The molecule has 11 nitrogen and oxygen atoms in total. The van der Waals surface area contributed by atoms with Crippen LogP contribution in [0, 0.1) is 0 Å². The maximum Gasteiger partial charge on any atom is 0.303 e.